The Morgan fingerprint density at radius 1 is 1.46 bits per heavy atom. The molecule has 3 heteroatoms. The van der Waals surface area contributed by atoms with Crippen LogP contribution >= 0.6 is 0 Å². The SMILES string of the molecule is COc1cc(F)c(C)cc1C(C)N. The average molecular weight is 183 g/mol. The van der Waals surface area contributed by atoms with Gasteiger partial charge in [0.2, 0.25) is 0 Å². The predicted molar refractivity (Wildman–Crippen MR) is 50.3 cm³/mol. The average Bonchev–Trinajstić information content (AvgIpc) is 2.08. The highest BCUT2D eigenvalue weighted by Crippen LogP contribution is 2.26. The summed E-state index contributed by atoms with van der Waals surface area (Å²) in [5, 5.41) is 0. The third-order valence-corrected chi connectivity index (χ3v) is 2.00. The Kier molecular flexibility index (Phi) is 2.88. The number of methoxy groups -OCH3 is 1. The number of hydrogen-bond donors (Lipinski definition) is 1. The lowest BCUT2D eigenvalue weighted by Gasteiger charge is -2.12. The summed E-state index contributed by atoms with van der Waals surface area (Å²) in [6.07, 6.45) is 0. The van der Waals surface area contributed by atoms with Crippen molar-refractivity contribution in [1.82, 2.24) is 0 Å². The maximum Gasteiger partial charge on any atom is 0.129 e. The van der Waals surface area contributed by atoms with Gasteiger partial charge in [0.1, 0.15) is 11.6 Å². The Morgan fingerprint density at radius 3 is 2.54 bits per heavy atom. The van der Waals surface area contributed by atoms with E-state index in [2.05, 4.69) is 0 Å². The summed E-state index contributed by atoms with van der Waals surface area (Å²) in [7, 11) is 1.51. The van der Waals surface area contributed by atoms with Gasteiger partial charge in [-0.2, -0.15) is 0 Å². The van der Waals surface area contributed by atoms with Crippen LogP contribution in [0.25, 0.3) is 0 Å². The maximum absolute atomic E-state index is 13.1. The van der Waals surface area contributed by atoms with Crippen molar-refractivity contribution >= 4 is 0 Å². The first-order chi connectivity index (χ1) is 6.06. The topological polar surface area (TPSA) is 35.2 Å². The molecule has 0 saturated carbocycles. The minimum atomic E-state index is -0.263. The van der Waals surface area contributed by atoms with E-state index in [0.29, 0.717) is 11.3 Å². The van der Waals surface area contributed by atoms with Crippen molar-refractivity contribution in [3.63, 3.8) is 0 Å². The molecule has 72 valence electrons. The molecule has 13 heavy (non-hydrogen) atoms. The van der Waals surface area contributed by atoms with Gasteiger partial charge in [-0.3, -0.25) is 0 Å². The van der Waals surface area contributed by atoms with Crippen molar-refractivity contribution in [2.75, 3.05) is 7.11 Å². The summed E-state index contributed by atoms with van der Waals surface area (Å²) < 4.78 is 18.1. The molecule has 1 rings (SSSR count). The molecule has 0 aliphatic carbocycles. The van der Waals surface area contributed by atoms with Crippen LogP contribution in [0.2, 0.25) is 0 Å². The van der Waals surface area contributed by atoms with Crippen molar-refractivity contribution < 1.29 is 9.13 Å². The molecule has 1 unspecified atom stereocenters. The molecule has 0 radical (unpaired) electrons. The number of hydrogen-bond acceptors (Lipinski definition) is 2. The number of benzene rings is 1. The van der Waals surface area contributed by atoms with Gasteiger partial charge < -0.3 is 10.5 Å². The standard InChI is InChI=1S/C10H14FNO/c1-6-4-8(7(2)12)10(13-3)5-9(6)11/h4-5,7H,12H2,1-3H3. The predicted octanol–water partition coefficient (Wildman–Crippen LogP) is 2.16. The molecule has 1 aromatic rings. The van der Waals surface area contributed by atoms with Crippen LogP contribution in [0.1, 0.15) is 24.1 Å². The number of nitrogens with two attached hydrogens (primary N) is 1. The van der Waals surface area contributed by atoms with E-state index in [4.69, 9.17) is 10.5 Å². The van der Waals surface area contributed by atoms with E-state index in [1.54, 1.807) is 13.0 Å². The second-order valence-corrected chi connectivity index (χ2v) is 3.13. The zero-order chi connectivity index (χ0) is 10.0. The molecule has 0 fully saturated rings. The van der Waals surface area contributed by atoms with Gasteiger partial charge in [0, 0.05) is 17.7 Å². The number of halogens is 1. The zero-order valence-electron chi connectivity index (χ0n) is 8.10. The highest BCUT2D eigenvalue weighted by molar-refractivity contribution is 5.39. The molecule has 0 heterocycles. The second-order valence-electron chi connectivity index (χ2n) is 3.13. The van der Waals surface area contributed by atoms with Crippen molar-refractivity contribution in [2.24, 2.45) is 5.73 Å². The van der Waals surface area contributed by atoms with Crippen molar-refractivity contribution in [1.29, 1.82) is 0 Å². The summed E-state index contributed by atoms with van der Waals surface area (Å²) in [6.45, 7) is 3.55. The van der Waals surface area contributed by atoms with Crippen LogP contribution in [-0.2, 0) is 0 Å². The van der Waals surface area contributed by atoms with Gasteiger partial charge in [0.05, 0.1) is 7.11 Å². The third kappa shape index (κ3) is 1.98. The largest absolute Gasteiger partial charge is 0.496 e. The molecule has 1 atom stereocenters. The molecule has 0 aliphatic rings. The summed E-state index contributed by atoms with van der Waals surface area (Å²) in [4.78, 5) is 0. The first kappa shape index (κ1) is 9.99. The fraction of sp³-hybridized carbons (Fsp3) is 0.400. The molecular weight excluding hydrogens is 169 g/mol. The van der Waals surface area contributed by atoms with Crippen LogP contribution in [-0.4, -0.2) is 7.11 Å². The van der Waals surface area contributed by atoms with E-state index >= 15 is 0 Å². The lowest BCUT2D eigenvalue weighted by molar-refractivity contribution is 0.403. The van der Waals surface area contributed by atoms with Crippen LogP contribution in [0, 0.1) is 12.7 Å². The molecule has 0 aliphatic heterocycles. The highest BCUT2D eigenvalue weighted by atomic mass is 19.1. The Hall–Kier alpha value is -1.09. The van der Waals surface area contributed by atoms with Gasteiger partial charge in [-0.05, 0) is 25.5 Å². The van der Waals surface area contributed by atoms with Crippen LogP contribution in [0.5, 0.6) is 5.75 Å². The first-order valence-corrected chi connectivity index (χ1v) is 4.16. The molecule has 0 bridgehead atoms. The van der Waals surface area contributed by atoms with Crippen molar-refractivity contribution in [3.8, 4) is 5.75 Å². The Balaban J connectivity index is 3.25. The lowest BCUT2D eigenvalue weighted by atomic mass is 10.0. The van der Waals surface area contributed by atoms with Crippen LogP contribution in [0.3, 0.4) is 0 Å². The molecular formula is C10H14FNO. The van der Waals surface area contributed by atoms with E-state index in [1.165, 1.54) is 13.2 Å². The number of ether oxygens (including phenoxy) is 1. The molecule has 2 N–H and O–H groups in total. The fourth-order valence-corrected chi connectivity index (χ4v) is 1.22. The first-order valence-electron chi connectivity index (χ1n) is 4.16. The van der Waals surface area contributed by atoms with E-state index in [9.17, 15) is 4.39 Å². The summed E-state index contributed by atoms with van der Waals surface area (Å²) >= 11 is 0. The second kappa shape index (κ2) is 3.75. The number of rotatable bonds is 2. The quantitative estimate of drug-likeness (QED) is 0.762. The van der Waals surface area contributed by atoms with Crippen molar-refractivity contribution in [2.45, 2.75) is 19.9 Å². The Bertz CT molecular complexity index is 310. The zero-order valence-corrected chi connectivity index (χ0v) is 8.10. The number of aryl methyl sites for hydroxylation is 1. The van der Waals surface area contributed by atoms with Crippen LogP contribution < -0.4 is 10.5 Å². The Labute approximate surface area is 77.5 Å². The third-order valence-electron chi connectivity index (χ3n) is 2.00. The maximum atomic E-state index is 13.1. The van der Waals surface area contributed by atoms with Gasteiger partial charge in [0.25, 0.3) is 0 Å². The molecule has 0 amide bonds. The molecule has 0 aromatic heterocycles. The normalized spacial score (nSPS) is 12.7. The van der Waals surface area contributed by atoms with E-state index in [0.717, 1.165) is 5.56 Å². The highest BCUT2D eigenvalue weighted by Gasteiger charge is 2.10. The summed E-state index contributed by atoms with van der Waals surface area (Å²) in [6, 6.07) is 2.95. The smallest absolute Gasteiger partial charge is 0.129 e. The van der Waals surface area contributed by atoms with Crippen LogP contribution in [0.15, 0.2) is 12.1 Å². The molecule has 2 nitrogen and oxygen atoms in total. The van der Waals surface area contributed by atoms with E-state index < -0.39 is 0 Å². The lowest BCUT2D eigenvalue weighted by Crippen LogP contribution is -2.07. The van der Waals surface area contributed by atoms with Crippen molar-refractivity contribution in [3.05, 3.63) is 29.1 Å². The summed E-state index contributed by atoms with van der Waals surface area (Å²) in [5.41, 5.74) is 7.13. The van der Waals surface area contributed by atoms with Gasteiger partial charge in [-0.25, -0.2) is 4.39 Å². The van der Waals surface area contributed by atoms with Gasteiger partial charge in [-0.15, -0.1) is 0 Å². The molecule has 0 saturated heterocycles. The minimum Gasteiger partial charge on any atom is -0.496 e. The Morgan fingerprint density at radius 2 is 2.08 bits per heavy atom. The molecule has 0 spiro atoms. The minimum absolute atomic E-state index is 0.144. The van der Waals surface area contributed by atoms with E-state index in [1.807, 2.05) is 6.92 Å². The van der Waals surface area contributed by atoms with E-state index in [-0.39, 0.29) is 11.9 Å². The molecule has 1 aromatic carbocycles. The van der Waals surface area contributed by atoms with Gasteiger partial charge in [0.15, 0.2) is 0 Å². The van der Waals surface area contributed by atoms with Gasteiger partial charge in [-0.1, -0.05) is 0 Å². The fourth-order valence-electron chi connectivity index (χ4n) is 1.22. The summed E-state index contributed by atoms with van der Waals surface area (Å²) in [5.74, 6) is 0.249. The van der Waals surface area contributed by atoms with Gasteiger partial charge >= 0.3 is 0 Å². The van der Waals surface area contributed by atoms with Crippen LogP contribution in [0.4, 0.5) is 4.39 Å². The monoisotopic (exact) mass is 183 g/mol.